The van der Waals surface area contributed by atoms with Gasteiger partial charge in [-0.05, 0) is 48.0 Å². The van der Waals surface area contributed by atoms with Crippen LogP contribution < -0.4 is 5.32 Å². The van der Waals surface area contributed by atoms with E-state index in [2.05, 4.69) is 5.32 Å². The molecule has 3 aromatic rings. The van der Waals surface area contributed by atoms with Gasteiger partial charge in [-0.25, -0.2) is 14.0 Å². The number of urea groups is 1. The molecule has 1 aliphatic rings. The van der Waals surface area contributed by atoms with Crippen molar-refractivity contribution >= 4 is 35.6 Å². The summed E-state index contributed by atoms with van der Waals surface area (Å²) < 4.78 is 18.7. The Bertz CT molecular complexity index is 1230. The second kappa shape index (κ2) is 8.08. The van der Waals surface area contributed by atoms with Gasteiger partial charge in [-0.3, -0.25) is 9.69 Å². The first kappa shape index (κ1) is 20.4. The molecule has 0 atom stereocenters. The van der Waals surface area contributed by atoms with Crippen LogP contribution in [0.15, 0.2) is 64.7 Å². The molecule has 1 aliphatic heterocycles. The topological polar surface area (TPSA) is 99.9 Å². The number of carbonyl (C=O) groups excluding carboxylic acids is 2. The van der Waals surface area contributed by atoms with Crippen LogP contribution in [-0.2, 0) is 11.3 Å². The number of carboxylic acids is 1. The first-order chi connectivity index (χ1) is 14.8. The number of carbonyl (C=O) groups is 3. The number of aromatic carboxylic acids is 1. The fourth-order valence-electron chi connectivity index (χ4n) is 3.06. The molecule has 2 N–H and O–H groups in total. The molecule has 1 saturated heterocycles. The van der Waals surface area contributed by atoms with Crippen LogP contribution in [-0.4, -0.2) is 27.9 Å². The minimum Gasteiger partial charge on any atom is -0.478 e. The molecule has 4 rings (SSSR count). The maximum Gasteiger partial charge on any atom is 0.337 e. The van der Waals surface area contributed by atoms with Crippen molar-refractivity contribution < 1.29 is 28.3 Å². The lowest BCUT2D eigenvalue weighted by Crippen LogP contribution is -2.30. The van der Waals surface area contributed by atoms with Crippen LogP contribution in [0.1, 0.15) is 21.7 Å². The maximum atomic E-state index is 13.0. The summed E-state index contributed by atoms with van der Waals surface area (Å²) in [5.41, 5.74) is 1.05. The van der Waals surface area contributed by atoms with Gasteiger partial charge in [0.25, 0.3) is 5.91 Å². The Morgan fingerprint density at radius 3 is 2.58 bits per heavy atom. The molecule has 0 aliphatic carbocycles. The van der Waals surface area contributed by atoms with Crippen LogP contribution in [0, 0.1) is 5.82 Å². The zero-order valence-corrected chi connectivity index (χ0v) is 16.5. The van der Waals surface area contributed by atoms with Crippen molar-refractivity contribution in [1.82, 2.24) is 10.2 Å². The number of nitrogens with zero attached hydrogens (tertiary/aromatic N) is 1. The molecule has 156 valence electrons. The van der Waals surface area contributed by atoms with E-state index in [-0.39, 0.29) is 28.6 Å². The lowest BCUT2D eigenvalue weighted by atomic mass is 10.1. The predicted octanol–water partition coefficient (Wildman–Crippen LogP) is 4.53. The standard InChI is InChI=1S/C22H14ClFN2O5/c23-17-7-3-13(9-16(17)21(28)29)19-8-6-15(31-19)10-18-20(27)26(22(30)25-18)11-12-1-4-14(24)5-2-12/h1-10H,11H2,(H,25,30)(H,28,29)/b18-10+. The summed E-state index contributed by atoms with van der Waals surface area (Å²) in [6.45, 7) is -0.00552. The fourth-order valence-corrected chi connectivity index (χ4v) is 3.26. The highest BCUT2D eigenvalue weighted by molar-refractivity contribution is 6.33. The molecule has 1 fully saturated rings. The third-order valence-corrected chi connectivity index (χ3v) is 4.94. The monoisotopic (exact) mass is 440 g/mol. The zero-order valence-electron chi connectivity index (χ0n) is 15.8. The average molecular weight is 441 g/mol. The van der Waals surface area contributed by atoms with Crippen molar-refractivity contribution in [2.24, 2.45) is 0 Å². The van der Waals surface area contributed by atoms with Gasteiger partial charge in [0, 0.05) is 11.6 Å². The summed E-state index contributed by atoms with van der Waals surface area (Å²) in [6, 6.07) is 12.5. The van der Waals surface area contributed by atoms with Gasteiger partial charge in [-0.15, -0.1) is 0 Å². The molecule has 31 heavy (non-hydrogen) atoms. The minimum absolute atomic E-state index is 0.00552. The van der Waals surface area contributed by atoms with E-state index >= 15 is 0 Å². The maximum absolute atomic E-state index is 13.0. The Hall–Kier alpha value is -3.91. The average Bonchev–Trinajstić information content (AvgIpc) is 3.30. The summed E-state index contributed by atoms with van der Waals surface area (Å²) in [5, 5.41) is 11.8. The van der Waals surface area contributed by atoms with Gasteiger partial charge in [0.1, 0.15) is 23.0 Å². The SMILES string of the molecule is O=C(O)c1cc(-c2ccc(/C=C3/NC(=O)N(Cc4ccc(F)cc4)C3=O)o2)ccc1Cl. The number of benzene rings is 2. The largest absolute Gasteiger partial charge is 0.478 e. The predicted molar refractivity (Wildman–Crippen MR) is 110 cm³/mol. The number of rotatable bonds is 5. The smallest absolute Gasteiger partial charge is 0.337 e. The molecule has 3 amide bonds. The fraction of sp³-hybridized carbons (Fsp3) is 0.0455. The van der Waals surface area contributed by atoms with E-state index in [1.807, 2.05) is 0 Å². The van der Waals surface area contributed by atoms with E-state index in [9.17, 15) is 23.9 Å². The quantitative estimate of drug-likeness (QED) is 0.448. The van der Waals surface area contributed by atoms with E-state index in [4.69, 9.17) is 16.0 Å². The van der Waals surface area contributed by atoms with Crippen molar-refractivity contribution in [1.29, 1.82) is 0 Å². The second-order valence-electron chi connectivity index (χ2n) is 6.71. The van der Waals surface area contributed by atoms with Gasteiger partial charge in [0.2, 0.25) is 0 Å². The van der Waals surface area contributed by atoms with Crippen LogP contribution >= 0.6 is 11.6 Å². The number of imide groups is 1. The number of hydrogen-bond donors (Lipinski definition) is 2. The van der Waals surface area contributed by atoms with E-state index in [0.717, 1.165) is 4.90 Å². The third-order valence-electron chi connectivity index (χ3n) is 4.61. The highest BCUT2D eigenvalue weighted by Crippen LogP contribution is 2.28. The first-order valence-corrected chi connectivity index (χ1v) is 9.41. The molecule has 0 unspecified atom stereocenters. The summed E-state index contributed by atoms with van der Waals surface area (Å²) in [4.78, 5) is 37.1. The molecule has 0 spiro atoms. The summed E-state index contributed by atoms with van der Waals surface area (Å²) >= 11 is 5.88. The number of carboxylic acid groups (broad SMARTS) is 1. The van der Waals surface area contributed by atoms with Crippen LogP contribution in [0.5, 0.6) is 0 Å². The van der Waals surface area contributed by atoms with Crippen molar-refractivity contribution in [2.45, 2.75) is 6.54 Å². The number of nitrogens with one attached hydrogen (secondary N) is 1. The number of halogens is 2. The molecule has 2 heterocycles. The summed E-state index contributed by atoms with van der Waals surface area (Å²) in [7, 11) is 0. The highest BCUT2D eigenvalue weighted by atomic mass is 35.5. The summed E-state index contributed by atoms with van der Waals surface area (Å²) in [6.07, 6.45) is 1.38. The number of hydrogen-bond acceptors (Lipinski definition) is 4. The van der Waals surface area contributed by atoms with Gasteiger partial charge in [0.15, 0.2) is 0 Å². The molecule has 2 aromatic carbocycles. The van der Waals surface area contributed by atoms with Gasteiger partial charge < -0.3 is 14.8 Å². The Labute approximate surface area is 180 Å². The Morgan fingerprint density at radius 1 is 1.13 bits per heavy atom. The van der Waals surface area contributed by atoms with E-state index in [1.54, 1.807) is 18.2 Å². The van der Waals surface area contributed by atoms with Crippen LogP contribution in [0.25, 0.3) is 17.4 Å². The first-order valence-electron chi connectivity index (χ1n) is 9.04. The van der Waals surface area contributed by atoms with Crippen molar-refractivity contribution in [2.75, 3.05) is 0 Å². The van der Waals surface area contributed by atoms with E-state index in [0.29, 0.717) is 16.9 Å². The van der Waals surface area contributed by atoms with Crippen LogP contribution in [0.2, 0.25) is 5.02 Å². The van der Waals surface area contributed by atoms with Gasteiger partial charge >= 0.3 is 12.0 Å². The molecular weight excluding hydrogens is 427 g/mol. The van der Waals surface area contributed by atoms with Gasteiger partial charge in [0.05, 0.1) is 17.1 Å². The highest BCUT2D eigenvalue weighted by Gasteiger charge is 2.33. The van der Waals surface area contributed by atoms with Crippen LogP contribution in [0.3, 0.4) is 0 Å². The van der Waals surface area contributed by atoms with Crippen molar-refractivity contribution in [3.63, 3.8) is 0 Å². The molecule has 0 bridgehead atoms. The van der Waals surface area contributed by atoms with E-state index < -0.39 is 23.7 Å². The van der Waals surface area contributed by atoms with Gasteiger partial charge in [-0.2, -0.15) is 0 Å². The van der Waals surface area contributed by atoms with Crippen LogP contribution in [0.4, 0.5) is 9.18 Å². The number of amides is 3. The molecule has 9 heteroatoms. The molecule has 7 nitrogen and oxygen atoms in total. The Morgan fingerprint density at radius 2 is 1.87 bits per heavy atom. The zero-order chi connectivity index (χ0) is 22.1. The van der Waals surface area contributed by atoms with E-state index in [1.165, 1.54) is 42.5 Å². The second-order valence-corrected chi connectivity index (χ2v) is 7.11. The molecule has 1 aromatic heterocycles. The molecular formula is C22H14ClFN2O5. The minimum atomic E-state index is -1.17. The van der Waals surface area contributed by atoms with Crippen molar-refractivity contribution in [3.8, 4) is 11.3 Å². The molecule has 0 saturated carbocycles. The summed E-state index contributed by atoms with van der Waals surface area (Å²) in [5.74, 6) is -1.47. The van der Waals surface area contributed by atoms with Gasteiger partial charge in [-0.1, -0.05) is 23.7 Å². The molecule has 0 radical (unpaired) electrons. The normalized spacial score (nSPS) is 14.9. The Kier molecular flexibility index (Phi) is 5.31. The lowest BCUT2D eigenvalue weighted by molar-refractivity contribution is -0.123. The Balaban J connectivity index is 1.55. The van der Waals surface area contributed by atoms with Crippen molar-refractivity contribution in [3.05, 3.63) is 88.0 Å². The number of furan rings is 1. The third kappa shape index (κ3) is 4.19. The lowest BCUT2D eigenvalue weighted by Gasteiger charge is -2.11.